The molecular weight excluding hydrogens is 326 g/mol. The van der Waals surface area contributed by atoms with E-state index in [4.69, 9.17) is 11.6 Å². The number of nitrogens with zero attached hydrogens (tertiary/aromatic N) is 3. The van der Waals surface area contributed by atoms with Crippen molar-refractivity contribution in [2.45, 2.75) is 46.0 Å². The van der Waals surface area contributed by atoms with E-state index in [0.717, 1.165) is 12.1 Å². The summed E-state index contributed by atoms with van der Waals surface area (Å²) in [4.78, 5) is 28.4. The summed E-state index contributed by atoms with van der Waals surface area (Å²) < 4.78 is 2.01. The van der Waals surface area contributed by atoms with Crippen LogP contribution in [0.4, 0.5) is 0 Å². The van der Waals surface area contributed by atoms with E-state index in [1.807, 2.05) is 41.8 Å². The number of carbonyl (C=O) groups excluding carboxylic acids is 2. The van der Waals surface area contributed by atoms with Gasteiger partial charge in [-0.15, -0.1) is 11.6 Å². The number of alkyl halides is 1. The Kier molecular flexibility index (Phi) is 8.32. The van der Waals surface area contributed by atoms with Crippen LogP contribution in [0.5, 0.6) is 0 Å². The van der Waals surface area contributed by atoms with E-state index in [0.29, 0.717) is 25.6 Å². The largest absolute Gasteiger partial charge is 0.353 e. The highest BCUT2D eigenvalue weighted by Gasteiger charge is 2.24. The Morgan fingerprint density at radius 3 is 2.38 bits per heavy atom. The second-order valence-electron chi connectivity index (χ2n) is 6.65. The Bertz CT molecular complexity index is 540. The number of hydrogen-bond acceptors (Lipinski definition) is 2. The number of aromatic nitrogens is 1. The van der Waals surface area contributed by atoms with Crippen LogP contribution in [-0.2, 0) is 23.2 Å². The van der Waals surface area contributed by atoms with Crippen LogP contribution in [-0.4, -0.2) is 51.2 Å². The molecule has 0 radical (unpaired) electrons. The van der Waals surface area contributed by atoms with Crippen LogP contribution in [0.1, 0.15) is 39.8 Å². The van der Waals surface area contributed by atoms with Gasteiger partial charge in [-0.05, 0) is 31.4 Å². The maximum atomic E-state index is 12.8. The molecule has 0 saturated carbocycles. The smallest absolute Gasteiger partial charge is 0.242 e. The van der Waals surface area contributed by atoms with Gasteiger partial charge in [-0.3, -0.25) is 9.59 Å². The molecule has 1 aromatic rings. The molecule has 24 heavy (non-hydrogen) atoms. The summed E-state index contributed by atoms with van der Waals surface area (Å²) in [6, 6.07) is 3.98. The third-order valence-corrected chi connectivity index (χ3v) is 4.00. The zero-order chi connectivity index (χ0) is 18.3. The SMILES string of the molecule is CCCN(CC(=O)N(Cc1cccn1C)CC(C)C)C(=O)C(C)Cl. The molecule has 2 amide bonds. The highest BCUT2D eigenvalue weighted by atomic mass is 35.5. The minimum Gasteiger partial charge on any atom is -0.353 e. The number of carbonyl (C=O) groups is 2. The van der Waals surface area contributed by atoms with Crippen molar-refractivity contribution in [3.63, 3.8) is 0 Å². The summed E-state index contributed by atoms with van der Waals surface area (Å²) in [6.45, 7) is 9.64. The molecule has 6 heteroatoms. The molecule has 1 unspecified atom stereocenters. The predicted molar refractivity (Wildman–Crippen MR) is 97.9 cm³/mol. The first-order valence-corrected chi connectivity index (χ1v) is 9.00. The van der Waals surface area contributed by atoms with Gasteiger partial charge in [0, 0.05) is 32.0 Å². The number of hydrogen-bond donors (Lipinski definition) is 0. The zero-order valence-electron chi connectivity index (χ0n) is 15.5. The molecule has 0 saturated heterocycles. The van der Waals surface area contributed by atoms with Crippen LogP contribution in [0.3, 0.4) is 0 Å². The molecule has 0 spiro atoms. The van der Waals surface area contributed by atoms with Gasteiger partial charge in [-0.2, -0.15) is 0 Å². The van der Waals surface area contributed by atoms with E-state index >= 15 is 0 Å². The van der Waals surface area contributed by atoms with E-state index < -0.39 is 5.38 Å². The van der Waals surface area contributed by atoms with E-state index in [1.54, 1.807) is 11.8 Å². The highest BCUT2D eigenvalue weighted by molar-refractivity contribution is 6.30. The molecule has 1 rings (SSSR count). The standard InChI is InChI=1S/C18H30ClN3O2/c1-6-9-21(18(24)15(4)19)13-17(23)22(11-14(2)3)12-16-8-7-10-20(16)5/h7-8,10,14-15H,6,9,11-13H2,1-5H3. The first-order valence-electron chi connectivity index (χ1n) is 8.57. The lowest BCUT2D eigenvalue weighted by Gasteiger charge is -2.29. The second-order valence-corrected chi connectivity index (χ2v) is 7.31. The number of amides is 2. The van der Waals surface area contributed by atoms with Crippen molar-refractivity contribution >= 4 is 23.4 Å². The molecule has 0 N–H and O–H groups in total. The van der Waals surface area contributed by atoms with Crippen LogP contribution < -0.4 is 0 Å². The zero-order valence-corrected chi connectivity index (χ0v) is 16.2. The lowest BCUT2D eigenvalue weighted by Crippen LogP contribution is -2.46. The predicted octanol–water partition coefficient (Wildman–Crippen LogP) is 2.88. The number of halogens is 1. The van der Waals surface area contributed by atoms with E-state index in [1.165, 1.54) is 0 Å². The third-order valence-electron chi connectivity index (χ3n) is 3.81. The van der Waals surface area contributed by atoms with Gasteiger partial charge >= 0.3 is 0 Å². The molecule has 1 atom stereocenters. The summed E-state index contributed by atoms with van der Waals surface area (Å²) >= 11 is 5.92. The molecule has 1 heterocycles. The Hall–Kier alpha value is -1.49. The van der Waals surface area contributed by atoms with Gasteiger partial charge in [0.05, 0.1) is 13.1 Å². The van der Waals surface area contributed by atoms with Gasteiger partial charge < -0.3 is 14.4 Å². The minimum absolute atomic E-state index is 0.0379. The molecule has 0 aliphatic heterocycles. The van der Waals surface area contributed by atoms with Gasteiger partial charge in [0.1, 0.15) is 5.38 Å². The van der Waals surface area contributed by atoms with Gasteiger partial charge in [0.2, 0.25) is 11.8 Å². The number of aryl methyl sites for hydroxylation is 1. The van der Waals surface area contributed by atoms with E-state index in [9.17, 15) is 9.59 Å². The Morgan fingerprint density at radius 1 is 1.25 bits per heavy atom. The topological polar surface area (TPSA) is 45.6 Å². The second kappa shape index (κ2) is 9.72. The Balaban J connectivity index is 2.85. The first-order chi connectivity index (χ1) is 11.3. The summed E-state index contributed by atoms with van der Waals surface area (Å²) in [5.41, 5.74) is 1.07. The molecular formula is C18H30ClN3O2. The van der Waals surface area contributed by atoms with Crippen molar-refractivity contribution in [2.24, 2.45) is 13.0 Å². The fraction of sp³-hybridized carbons (Fsp3) is 0.667. The Labute approximate surface area is 150 Å². The van der Waals surface area contributed by atoms with Gasteiger partial charge in [-0.1, -0.05) is 20.8 Å². The van der Waals surface area contributed by atoms with Crippen LogP contribution >= 0.6 is 11.6 Å². The maximum absolute atomic E-state index is 12.8. The molecule has 0 fully saturated rings. The average molecular weight is 356 g/mol. The summed E-state index contributed by atoms with van der Waals surface area (Å²) in [6.07, 6.45) is 2.76. The van der Waals surface area contributed by atoms with Crippen molar-refractivity contribution in [1.82, 2.24) is 14.4 Å². The van der Waals surface area contributed by atoms with E-state index in [-0.39, 0.29) is 18.4 Å². The molecule has 0 bridgehead atoms. The van der Waals surface area contributed by atoms with Crippen LogP contribution in [0.15, 0.2) is 18.3 Å². The maximum Gasteiger partial charge on any atom is 0.242 e. The van der Waals surface area contributed by atoms with Crippen molar-refractivity contribution in [2.75, 3.05) is 19.6 Å². The molecule has 136 valence electrons. The normalized spacial score (nSPS) is 12.3. The van der Waals surface area contributed by atoms with Crippen LogP contribution in [0, 0.1) is 5.92 Å². The average Bonchev–Trinajstić information content (AvgIpc) is 2.90. The van der Waals surface area contributed by atoms with Gasteiger partial charge in [-0.25, -0.2) is 0 Å². The molecule has 5 nitrogen and oxygen atoms in total. The lowest BCUT2D eigenvalue weighted by atomic mass is 10.2. The third kappa shape index (κ3) is 6.19. The summed E-state index contributed by atoms with van der Waals surface area (Å²) in [5, 5.41) is -0.615. The van der Waals surface area contributed by atoms with Gasteiger partial charge in [0.15, 0.2) is 0 Å². The number of rotatable bonds is 9. The minimum atomic E-state index is -0.615. The van der Waals surface area contributed by atoms with Crippen molar-refractivity contribution in [3.8, 4) is 0 Å². The van der Waals surface area contributed by atoms with Crippen LogP contribution in [0.25, 0.3) is 0 Å². The van der Waals surface area contributed by atoms with Crippen LogP contribution in [0.2, 0.25) is 0 Å². The highest BCUT2D eigenvalue weighted by Crippen LogP contribution is 2.10. The fourth-order valence-electron chi connectivity index (χ4n) is 2.60. The lowest BCUT2D eigenvalue weighted by molar-refractivity contribution is -0.141. The Morgan fingerprint density at radius 2 is 1.92 bits per heavy atom. The monoisotopic (exact) mass is 355 g/mol. The molecule has 1 aromatic heterocycles. The summed E-state index contributed by atoms with van der Waals surface area (Å²) in [5.74, 6) is 0.135. The molecule has 0 aromatic carbocycles. The first kappa shape index (κ1) is 20.6. The quantitative estimate of drug-likeness (QED) is 0.639. The van der Waals surface area contributed by atoms with E-state index in [2.05, 4.69) is 13.8 Å². The van der Waals surface area contributed by atoms with Crippen molar-refractivity contribution in [3.05, 3.63) is 24.0 Å². The van der Waals surface area contributed by atoms with Gasteiger partial charge in [0.25, 0.3) is 0 Å². The summed E-state index contributed by atoms with van der Waals surface area (Å²) in [7, 11) is 1.97. The fourth-order valence-corrected chi connectivity index (χ4v) is 2.74. The van der Waals surface area contributed by atoms with Crippen molar-refractivity contribution < 1.29 is 9.59 Å². The molecule has 0 aliphatic carbocycles. The molecule has 0 aliphatic rings. The van der Waals surface area contributed by atoms with Crippen molar-refractivity contribution in [1.29, 1.82) is 0 Å².